The summed E-state index contributed by atoms with van der Waals surface area (Å²) in [7, 11) is -4.84. The third kappa shape index (κ3) is 18.5. The summed E-state index contributed by atoms with van der Waals surface area (Å²) in [5.41, 5.74) is 16.9. The zero-order valence-electron chi connectivity index (χ0n) is 48.8. The van der Waals surface area contributed by atoms with Crippen LogP contribution in [0.25, 0.3) is 10.4 Å². The molecule has 0 aromatic heterocycles. The fourth-order valence-electron chi connectivity index (χ4n) is 10.5. The maximum Gasteiger partial charge on any atom is 0.475 e. The standard InChI is InChI=1S/C70H72N3O14P/c1-51(74)76-50-60-62(77-42-52-26-10-2-11-27-52)63(78-43-53-28-12-3-13-29-53)61(72-73-71)70(85-60)86-68-66(81-46-56-34-18-6-19-35-56)64(79-44-54-30-14-4-15-31-54)65(80-45-55-32-16-5-17-33-55)67(82-47-57-36-20-7-21-37-57)69(68)87-88(75,83-48-58-38-22-8-23-39-58)84-49-59-40-24-9-25-41-59/h2-41,60-70H,42-50H2,1H3/t60-,61-,62-,63-,64+,65+,66-,67-,68-,69-,70-/m1/s1. The van der Waals surface area contributed by atoms with E-state index >= 15 is 4.57 Å². The van der Waals surface area contributed by atoms with E-state index in [2.05, 4.69) is 10.0 Å². The Balaban J connectivity index is 1.15. The van der Waals surface area contributed by atoms with Gasteiger partial charge in [0, 0.05) is 11.8 Å². The quantitative estimate of drug-likeness (QED) is 0.0131. The zero-order chi connectivity index (χ0) is 60.6. The predicted octanol–water partition coefficient (Wildman–Crippen LogP) is 13.8. The van der Waals surface area contributed by atoms with Crippen molar-refractivity contribution in [1.82, 2.24) is 0 Å². The Bertz CT molecular complexity index is 3360. The molecule has 1 aliphatic carbocycles. The molecule has 0 spiro atoms. The lowest BCUT2D eigenvalue weighted by atomic mass is 9.83. The van der Waals surface area contributed by atoms with E-state index in [1.54, 1.807) is 0 Å². The summed E-state index contributed by atoms with van der Waals surface area (Å²) in [4.78, 5) is 16.2. The van der Waals surface area contributed by atoms with Gasteiger partial charge in [0.2, 0.25) is 0 Å². The lowest BCUT2D eigenvalue weighted by Gasteiger charge is -2.52. The Morgan fingerprint density at radius 1 is 0.409 bits per heavy atom. The molecule has 0 N–H and O–H groups in total. The lowest BCUT2D eigenvalue weighted by Crippen LogP contribution is -2.69. The van der Waals surface area contributed by atoms with Gasteiger partial charge >= 0.3 is 13.8 Å². The minimum atomic E-state index is -4.84. The third-order valence-corrected chi connectivity index (χ3v) is 16.3. The second kappa shape index (κ2) is 33.1. The number of rotatable bonds is 31. The summed E-state index contributed by atoms with van der Waals surface area (Å²) < 4.78 is 99.1. The molecule has 1 heterocycles. The molecule has 0 bridgehead atoms. The first-order valence-electron chi connectivity index (χ1n) is 29.3. The smallest absolute Gasteiger partial charge is 0.463 e. The van der Waals surface area contributed by atoms with Crippen LogP contribution in [0.1, 0.15) is 51.4 Å². The third-order valence-electron chi connectivity index (χ3n) is 14.9. The fraction of sp³-hybridized carbons (Fsp3) is 0.300. The van der Waals surface area contributed by atoms with E-state index in [1.807, 2.05) is 243 Å². The van der Waals surface area contributed by atoms with Crippen LogP contribution in [-0.4, -0.2) is 79.8 Å². The van der Waals surface area contributed by atoms with E-state index in [-0.39, 0.29) is 59.5 Å². The van der Waals surface area contributed by atoms with Gasteiger partial charge in [0.05, 0.1) is 52.9 Å². The van der Waals surface area contributed by atoms with E-state index < -0.39 is 81.1 Å². The van der Waals surface area contributed by atoms with Gasteiger partial charge in [0.25, 0.3) is 0 Å². The molecule has 1 saturated heterocycles. The van der Waals surface area contributed by atoms with Gasteiger partial charge in [-0.3, -0.25) is 18.4 Å². The maximum atomic E-state index is 16.2. The molecule has 88 heavy (non-hydrogen) atoms. The number of phosphoric acid groups is 1. The molecule has 0 amide bonds. The van der Waals surface area contributed by atoms with Crippen molar-refractivity contribution in [2.75, 3.05) is 6.61 Å². The van der Waals surface area contributed by atoms with Crippen molar-refractivity contribution >= 4 is 13.8 Å². The monoisotopic (exact) mass is 1210 g/mol. The normalized spacial score (nSPS) is 22.7. The van der Waals surface area contributed by atoms with Crippen LogP contribution in [0.4, 0.5) is 0 Å². The van der Waals surface area contributed by atoms with Crippen LogP contribution in [-0.2, 0) is 118 Å². The maximum absolute atomic E-state index is 16.2. The van der Waals surface area contributed by atoms with Crippen molar-refractivity contribution in [2.24, 2.45) is 5.11 Å². The highest BCUT2D eigenvalue weighted by Gasteiger charge is 2.60. The number of azide groups is 1. The van der Waals surface area contributed by atoms with Crippen molar-refractivity contribution < 1.29 is 65.6 Å². The molecule has 1 aliphatic heterocycles. The Hall–Kier alpha value is -7.67. The van der Waals surface area contributed by atoms with Gasteiger partial charge in [0.15, 0.2) is 6.29 Å². The molecular weight excluding hydrogens is 1140 g/mol. The number of phosphoric ester groups is 1. The van der Waals surface area contributed by atoms with Crippen LogP contribution in [0, 0.1) is 0 Å². The van der Waals surface area contributed by atoms with E-state index in [9.17, 15) is 10.3 Å². The SMILES string of the molecule is CC(=O)OC[C@H]1O[C@H](O[C@@H]2[C@H](OCc3ccccc3)[C@@H](OCc3ccccc3)[C@H](OCc3ccccc3)[C@@H](OCc3ccccc3)[C@H]2OP(=O)(OCc2ccccc2)OCc2ccccc2)[C@H](N=[N+]=[N-])[C@@H](OCc2ccccc2)[C@@H]1OCc1ccccc1. The van der Waals surface area contributed by atoms with E-state index in [0.29, 0.717) is 11.1 Å². The highest BCUT2D eigenvalue weighted by Crippen LogP contribution is 2.55. The molecule has 456 valence electrons. The average Bonchev–Trinajstić information content (AvgIpc) is 0.998. The molecule has 8 aromatic carbocycles. The molecule has 2 aliphatic rings. The Morgan fingerprint density at radius 2 is 0.693 bits per heavy atom. The largest absolute Gasteiger partial charge is 0.475 e. The van der Waals surface area contributed by atoms with Gasteiger partial charge in [-0.05, 0) is 50.0 Å². The first kappa shape index (κ1) is 63.4. The van der Waals surface area contributed by atoms with Crippen molar-refractivity contribution in [3.8, 4) is 0 Å². The van der Waals surface area contributed by atoms with Gasteiger partial charge < -0.3 is 42.6 Å². The first-order chi connectivity index (χ1) is 43.3. The van der Waals surface area contributed by atoms with Gasteiger partial charge in [-0.25, -0.2) is 4.57 Å². The molecule has 1 saturated carbocycles. The Kier molecular flexibility index (Phi) is 23.8. The van der Waals surface area contributed by atoms with Gasteiger partial charge in [-0.2, -0.15) is 0 Å². The highest BCUT2D eigenvalue weighted by molar-refractivity contribution is 7.48. The van der Waals surface area contributed by atoms with Crippen LogP contribution in [0.2, 0.25) is 0 Å². The molecule has 0 unspecified atom stereocenters. The molecule has 18 heteroatoms. The summed E-state index contributed by atoms with van der Waals surface area (Å²) in [6.07, 6.45) is -12.6. The van der Waals surface area contributed by atoms with Crippen molar-refractivity contribution in [3.63, 3.8) is 0 Å². The summed E-state index contributed by atoms with van der Waals surface area (Å²) in [6, 6.07) is 74.6. The topological polar surface area (TPSA) is 194 Å². The van der Waals surface area contributed by atoms with Gasteiger partial charge in [-0.1, -0.05) is 248 Å². The number of nitrogens with zero attached hydrogens (tertiary/aromatic N) is 3. The molecule has 17 nitrogen and oxygen atoms in total. The minimum Gasteiger partial charge on any atom is -0.463 e. The highest BCUT2D eigenvalue weighted by atomic mass is 31.2. The number of hydrogen-bond acceptors (Lipinski definition) is 15. The van der Waals surface area contributed by atoms with Crippen molar-refractivity contribution in [2.45, 2.75) is 127 Å². The molecule has 0 radical (unpaired) electrons. The summed E-state index contributed by atoms with van der Waals surface area (Å²) in [5, 5.41) is 4.42. The number of ether oxygens (including phenoxy) is 9. The molecule has 2 fully saturated rings. The number of carbonyl (C=O) groups excluding carboxylic acids is 1. The number of benzene rings is 8. The fourth-order valence-corrected chi connectivity index (χ4v) is 11.9. The molecular formula is C70H72N3O14P. The molecule has 8 aromatic rings. The first-order valence-corrected chi connectivity index (χ1v) is 30.8. The Labute approximate surface area is 513 Å². The molecule has 11 atom stereocenters. The summed E-state index contributed by atoms with van der Waals surface area (Å²) in [5.74, 6) is -0.586. The summed E-state index contributed by atoms with van der Waals surface area (Å²) >= 11 is 0. The van der Waals surface area contributed by atoms with Gasteiger partial charge in [0.1, 0.15) is 67.6 Å². The lowest BCUT2D eigenvalue weighted by molar-refractivity contribution is -0.336. The van der Waals surface area contributed by atoms with Crippen LogP contribution >= 0.6 is 7.82 Å². The average molecular weight is 1210 g/mol. The van der Waals surface area contributed by atoms with Crippen LogP contribution < -0.4 is 0 Å². The van der Waals surface area contributed by atoms with Crippen LogP contribution in [0.15, 0.2) is 248 Å². The number of esters is 1. The van der Waals surface area contributed by atoms with Crippen LogP contribution in [0.3, 0.4) is 0 Å². The van der Waals surface area contributed by atoms with E-state index in [1.165, 1.54) is 6.92 Å². The van der Waals surface area contributed by atoms with Crippen molar-refractivity contribution in [1.29, 1.82) is 0 Å². The van der Waals surface area contributed by atoms with E-state index in [4.69, 9.17) is 56.2 Å². The summed E-state index contributed by atoms with van der Waals surface area (Å²) in [6.45, 7) is 0.784. The van der Waals surface area contributed by atoms with Crippen LogP contribution in [0.5, 0.6) is 0 Å². The number of hydrogen-bond donors (Lipinski definition) is 0. The number of carbonyl (C=O) groups is 1. The molecule has 10 rings (SSSR count). The van der Waals surface area contributed by atoms with Crippen molar-refractivity contribution in [3.05, 3.63) is 298 Å². The second-order valence-corrected chi connectivity index (χ2v) is 22.9. The minimum absolute atomic E-state index is 0.00447. The Morgan fingerprint density at radius 3 is 1.01 bits per heavy atom. The van der Waals surface area contributed by atoms with Gasteiger partial charge in [-0.15, -0.1) is 0 Å². The van der Waals surface area contributed by atoms with E-state index in [0.717, 1.165) is 33.4 Å². The zero-order valence-corrected chi connectivity index (χ0v) is 49.7. The predicted molar refractivity (Wildman–Crippen MR) is 328 cm³/mol. The second-order valence-electron chi connectivity index (χ2n) is 21.2.